The number of nitrogens with zero attached hydrogens (tertiary/aromatic N) is 2. The van der Waals surface area contributed by atoms with Crippen molar-refractivity contribution in [2.75, 3.05) is 0 Å². The number of carboxylic acid groups (broad SMARTS) is 1. The second-order valence-electron chi connectivity index (χ2n) is 5.88. The third-order valence-corrected chi connectivity index (χ3v) is 3.56. The summed E-state index contributed by atoms with van der Waals surface area (Å²) in [7, 11) is 0. The van der Waals surface area contributed by atoms with Crippen LogP contribution < -0.4 is 0 Å². The molecule has 0 radical (unpaired) electrons. The Morgan fingerprint density at radius 1 is 1.38 bits per heavy atom. The third kappa shape index (κ3) is 4.04. The number of rotatable bonds is 5. The van der Waals surface area contributed by atoms with Gasteiger partial charge in [0, 0.05) is 17.0 Å². The van der Waals surface area contributed by atoms with Crippen molar-refractivity contribution in [3.63, 3.8) is 0 Å². The Labute approximate surface area is 128 Å². The zero-order chi connectivity index (χ0) is 15.6. The lowest BCUT2D eigenvalue weighted by atomic mass is 9.86. The van der Waals surface area contributed by atoms with Crippen molar-refractivity contribution >= 4 is 17.6 Å². The summed E-state index contributed by atoms with van der Waals surface area (Å²) in [6, 6.07) is 5.47. The minimum Gasteiger partial charge on any atom is -0.481 e. The molecule has 1 aromatic heterocycles. The van der Waals surface area contributed by atoms with Crippen LogP contribution in [0, 0.1) is 12.3 Å². The summed E-state index contributed by atoms with van der Waals surface area (Å²) in [6.07, 6.45) is 0.462. The number of aromatic nitrogens is 2. The van der Waals surface area contributed by atoms with Crippen LogP contribution in [0.25, 0.3) is 11.5 Å². The van der Waals surface area contributed by atoms with Crippen molar-refractivity contribution in [2.45, 2.75) is 33.6 Å². The number of halogens is 1. The predicted molar refractivity (Wildman–Crippen MR) is 79.2 cm³/mol. The fourth-order valence-electron chi connectivity index (χ4n) is 2.10. The van der Waals surface area contributed by atoms with E-state index in [4.69, 9.17) is 21.1 Å². The van der Waals surface area contributed by atoms with Gasteiger partial charge in [-0.05, 0) is 36.1 Å². The van der Waals surface area contributed by atoms with Crippen LogP contribution in [0.5, 0.6) is 0 Å². The third-order valence-electron chi connectivity index (χ3n) is 3.13. The second-order valence-corrected chi connectivity index (χ2v) is 6.28. The van der Waals surface area contributed by atoms with E-state index in [2.05, 4.69) is 10.2 Å². The van der Waals surface area contributed by atoms with Crippen molar-refractivity contribution in [1.29, 1.82) is 0 Å². The molecule has 6 heteroatoms. The molecule has 112 valence electrons. The van der Waals surface area contributed by atoms with E-state index in [1.54, 1.807) is 6.07 Å². The molecule has 0 atom stereocenters. The first-order valence-corrected chi connectivity index (χ1v) is 6.95. The number of hydrogen-bond donors (Lipinski definition) is 1. The average Bonchev–Trinajstić information content (AvgIpc) is 2.78. The highest BCUT2D eigenvalue weighted by Crippen LogP contribution is 2.28. The molecule has 0 fully saturated rings. The van der Waals surface area contributed by atoms with Gasteiger partial charge in [-0.2, -0.15) is 0 Å². The van der Waals surface area contributed by atoms with E-state index in [0.29, 0.717) is 23.2 Å². The molecule has 0 spiro atoms. The van der Waals surface area contributed by atoms with E-state index in [1.165, 1.54) is 0 Å². The summed E-state index contributed by atoms with van der Waals surface area (Å²) in [4.78, 5) is 10.8. The Kier molecular flexibility index (Phi) is 4.32. The highest BCUT2D eigenvalue weighted by Gasteiger charge is 2.25. The SMILES string of the molecule is Cc1cc(-c2nnc(CC(C)(C)CC(=O)O)o2)ccc1Cl. The van der Waals surface area contributed by atoms with Crippen molar-refractivity contribution in [3.8, 4) is 11.5 Å². The maximum absolute atomic E-state index is 10.8. The molecule has 0 aliphatic rings. The Balaban J connectivity index is 2.18. The molecule has 0 unspecified atom stereocenters. The summed E-state index contributed by atoms with van der Waals surface area (Å²) >= 11 is 5.99. The first kappa shape index (κ1) is 15.5. The Hall–Kier alpha value is -1.88. The van der Waals surface area contributed by atoms with Crippen molar-refractivity contribution in [2.24, 2.45) is 5.41 Å². The maximum Gasteiger partial charge on any atom is 0.303 e. The molecule has 2 aromatic rings. The molecule has 0 saturated carbocycles. The fraction of sp³-hybridized carbons (Fsp3) is 0.400. The number of aryl methyl sites for hydroxylation is 1. The van der Waals surface area contributed by atoms with Crippen LogP contribution in [0.1, 0.15) is 31.7 Å². The quantitative estimate of drug-likeness (QED) is 0.910. The zero-order valence-electron chi connectivity index (χ0n) is 12.2. The molecule has 0 aliphatic heterocycles. The number of hydrogen-bond acceptors (Lipinski definition) is 4. The van der Waals surface area contributed by atoms with Gasteiger partial charge in [0.05, 0.1) is 6.42 Å². The van der Waals surface area contributed by atoms with Gasteiger partial charge < -0.3 is 9.52 Å². The fourth-order valence-corrected chi connectivity index (χ4v) is 2.22. The van der Waals surface area contributed by atoms with Crippen LogP contribution in [0.4, 0.5) is 0 Å². The minimum absolute atomic E-state index is 0.0464. The van der Waals surface area contributed by atoms with Crippen LogP contribution in [0.15, 0.2) is 22.6 Å². The standard InChI is InChI=1S/C15H17ClN2O3/c1-9-6-10(4-5-11(9)16)14-18-17-12(21-14)7-15(2,3)8-13(19)20/h4-6H,7-8H2,1-3H3,(H,19,20). The first-order valence-electron chi connectivity index (χ1n) is 6.57. The van der Waals surface area contributed by atoms with Crippen molar-refractivity contribution in [1.82, 2.24) is 10.2 Å². The van der Waals surface area contributed by atoms with Gasteiger partial charge in [0.1, 0.15) is 0 Å². The maximum atomic E-state index is 10.8. The molecule has 0 aliphatic carbocycles. The van der Waals surface area contributed by atoms with Gasteiger partial charge in [-0.15, -0.1) is 10.2 Å². The summed E-state index contributed by atoms with van der Waals surface area (Å²) in [5.74, 6) is 0.00723. The van der Waals surface area contributed by atoms with Gasteiger partial charge in [0.25, 0.3) is 0 Å². The molecule has 1 heterocycles. The summed E-state index contributed by atoms with van der Waals surface area (Å²) in [5.41, 5.74) is 1.29. The molecule has 5 nitrogen and oxygen atoms in total. The molecular formula is C15H17ClN2O3. The number of carboxylic acids is 1. The number of aliphatic carboxylic acids is 1. The van der Waals surface area contributed by atoms with Crippen LogP contribution in [-0.2, 0) is 11.2 Å². The lowest BCUT2D eigenvalue weighted by Gasteiger charge is -2.19. The lowest BCUT2D eigenvalue weighted by Crippen LogP contribution is -2.19. The largest absolute Gasteiger partial charge is 0.481 e. The normalized spacial score (nSPS) is 11.6. The molecule has 21 heavy (non-hydrogen) atoms. The highest BCUT2D eigenvalue weighted by molar-refractivity contribution is 6.31. The van der Waals surface area contributed by atoms with Gasteiger partial charge in [0.2, 0.25) is 11.8 Å². The van der Waals surface area contributed by atoms with Gasteiger partial charge in [-0.25, -0.2) is 0 Å². The lowest BCUT2D eigenvalue weighted by molar-refractivity contribution is -0.139. The van der Waals surface area contributed by atoms with E-state index < -0.39 is 11.4 Å². The van der Waals surface area contributed by atoms with Crippen molar-refractivity contribution < 1.29 is 14.3 Å². The Bertz CT molecular complexity index is 665. The van der Waals surface area contributed by atoms with Gasteiger partial charge >= 0.3 is 5.97 Å². The monoisotopic (exact) mass is 308 g/mol. The van der Waals surface area contributed by atoms with Gasteiger partial charge in [-0.1, -0.05) is 25.4 Å². The topological polar surface area (TPSA) is 76.2 Å². The average molecular weight is 309 g/mol. The van der Waals surface area contributed by atoms with Gasteiger partial charge in [0.15, 0.2) is 0 Å². The minimum atomic E-state index is -0.840. The summed E-state index contributed by atoms with van der Waals surface area (Å²) in [5, 5.41) is 17.6. The van der Waals surface area contributed by atoms with E-state index >= 15 is 0 Å². The smallest absolute Gasteiger partial charge is 0.303 e. The molecular weight excluding hydrogens is 292 g/mol. The molecule has 1 N–H and O–H groups in total. The Morgan fingerprint density at radius 3 is 2.71 bits per heavy atom. The van der Waals surface area contributed by atoms with E-state index in [0.717, 1.165) is 11.1 Å². The zero-order valence-corrected chi connectivity index (χ0v) is 12.9. The molecule has 2 rings (SSSR count). The van der Waals surface area contributed by atoms with E-state index in [-0.39, 0.29) is 6.42 Å². The predicted octanol–water partition coefficient (Wildman–Crippen LogP) is 3.74. The summed E-state index contributed by atoms with van der Waals surface area (Å²) < 4.78 is 5.62. The Morgan fingerprint density at radius 2 is 2.10 bits per heavy atom. The molecule has 1 aromatic carbocycles. The number of carbonyl (C=O) groups is 1. The molecule has 0 saturated heterocycles. The van der Waals surface area contributed by atoms with E-state index in [9.17, 15) is 4.79 Å². The number of benzene rings is 1. The van der Waals surface area contributed by atoms with Crippen LogP contribution in [0.3, 0.4) is 0 Å². The second kappa shape index (κ2) is 5.85. The first-order chi connectivity index (χ1) is 9.77. The van der Waals surface area contributed by atoms with Crippen LogP contribution >= 0.6 is 11.6 Å². The van der Waals surface area contributed by atoms with Crippen molar-refractivity contribution in [3.05, 3.63) is 34.7 Å². The van der Waals surface area contributed by atoms with Crippen LogP contribution in [-0.4, -0.2) is 21.3 Å². The highest BCUT2D eigenvalue weighted by atomic mass is 35.5. The van der Waals surface area contributed by atoms with E-state index in [1.807, 2.05) is 32.9 Å². The molecule has 0 bridgehead atoms. The van der Waals surface area contributed by atoms with Gasteiger partial charge in [-0.3, -0.25) is 4.79 Å². The molecule has 0 amide bonds. The summed E-state index contributed by atoms with van der Waals surface area (Å²) in [6.45, 7) is 5.62. The van der Waals surface area contributed by atoms with Crippen LogP contribution in [0.2, 0.25) is 5.02 Å².